The molecule has 1 unspecified atom stereocenters. The Balaban J connectivity index is 3.07. The minimum absolute atomic E-state index is 0.188. The van der Waals surface area contributed by atoms with Gasteiger partial charge in [0.1, 0.15) is 0 Å². The molecule has 100 valence electrons. The topological polar surface area (TPSA) is 43.1 Å². The Morgan fingerprint density at radius 2 is 2.06 bits per heavy atom. The molecule has 1 aromatic rings. The molecule has 0 aliphatic heterocycles. The van der Waals surface area contributed by atoms with Crippen molar-refractivity contribution >= 4 is 37.1 Å². The fourth-order valence-electron chi connectivity index (χ4n) is 1.46. The molecule has 0 radical (unpaired) electrons. The van der Waals surface area contributed by atoms with Crippen molar-refractivity contribution in [3.63, 3.8) is 0 Å². The van der Waals surface area contributed by atoms with Gasteiger partial charge in [-0.2, -0.15) is 0 Å². The molecule has 0 N–H and O–H groups in total. The van der Waals surface area contributed by atoms with E-state index in [1.807, 2.05) is 19.1 Å². The average Bonchev–Trinajstić information content (AvgIpc) is 2.25. The molecule has 0 bridgehead atoms. The maximum absolute atomic E-state index is 11.1. The van der Waals surface area contributed by atoms with Crippen LogP contribution in [0.2, 0.25) is 19.6 Å². The Morgan fingerprint density at radius 1 is 1.44 bits per heavy atom. The van der Waals surface area contributed by atoms with Gasteiger partial charge in [0, 0.05) is 16.8 Å². The molecular weight excluding hydrogens is 286 g/mol. The van der Waals surface area contributed by atoms with Gasteiger partial charge in [-0.1, -0.05) is 25.7 Å². The molecule has 0 aromatic heterocycles. The highest BCUT2D eigenvalue weighted by Crippen LogP contribution is 2.36. The van der Waals surface area contributed by atoms with Crippen LogP contribution < -0.4 is 0 Å². The van der Waals surface area contributed by atoms with Gasteiger partial charge in [0.25, 0.3) is 5.69 Å². The number of halogens is 1. The standard InChI is InChI=1S/C12H18ClNO2SSi/c1-9-5-6-11(10(7-9)14(15)16)17-12(8-13)18(2,3)4/h5-7,12H,8H2,1-4H3. The molecule has 0 aliphatic carbocycles. The van der Waals surface area contributed by atoms with Gasteiger partial charge in [-0.25, -0.2) is 0 Å². The number of alkyl halides is 1. The van der Waals surface area contributed by atoms with Gasteiger partial charge >= 0.3 is 0 Å². The van der Waals surface area contributed by atoms with Crippen molar-refractivity contribution in [3.8, 4) is 0 Å². The summed E-state index contributed by atoms with van der Waals surface area (Å²) in [6.45, 7) is 8.55. The quantitative estimate of drug-likeness (QED) is 0.265. The lowest BCUT2D eigenvalue weighted by Gasteiger charge is -2.26. The minimum atomic E-state index is -1.43. The molecule has 0 amide bonds. The number of benzene rings is 1. The zero-order valence-corrected chi connectivity index (χ0v) is 13.6. The number of hydrogen-bond donors (Lipinski definition) is 0. The Hall–Kier alpha value is -0.523. The maximum Gasteiger partial charge on any atom is 0.283 e. The molecule has 0 saturated heterocycles. The molecule has 1 aromatic carbocycles. The van der Waals surface area contributed by atoms with E-state index >= 15 is 0 Å². The fraction of sp³-hybridized carbons (Fsp3) is 0.500. The van der Waals surface area contributed by atoms with E-state index in [1.165, 1.54) is 0 Å². The first kappa shape index (κ1) is 15.5. The smallest absolute Gasteiger partial charge is 0.258 e. The van der Waals surface area contributed by atoms with Crippen molar-refractivity contribution in [1.29, 1.82) is 0 Å². The summed E-state index contributed by atoms with van der Waals surface area (Å²) in [5.41, 5.74) is 1.09. The number of rotatable bonds is 5. The van der Waals surface area contributed by atoms with Crippen LogP contribution in [-0.2, 0) is 0 Å². The molecular formula is C12H18ClNO2SSi. The second kappa shape index (κ2) is 6.08. The predicted octanol–water partition coefficient (Wildman–Crippen LogP) is 4.48. The summed E-state index contributed by atoms with van der Waals surface area (Å²) in [5.74, 6) is 0.533. The van der Waals surface area contributed by atoms with Gasteiger partial charge in [0.05, 0.1) is 17.9 Å². The summed E-state index contributed by atoms with van der Waals surface area (Å²) < 4.78 is 0. The molecule has 1 atom stereocenters. The van der Waals surface area contributed by atoms with Crippen molar-refractivity contribution in [1.82, 2.24) is 0 Å². The van der Waals surface area contributed by atoms with Crippen molar-refractivity contribution in [2.75, 3.05) is 5.88 Å². The van der Waals surface area contributed by atoms with Crippen LogP contribution in [-0.4, -0.2) is 23.8 Å². The third-order valence-corrected chi connectivity index (χ3v) is 9.10. The van der Waals surface area contributed by atoms with Crippen molar-refractivity contribution < 1.29 is 4.92 Å². The van der Waals surface area contributed by atoms with Crippen LogP contribution in [0, 0.1) is 17.0 Å². The van der Waals surface area contributed by atoms with E-state index < -0.39 is 8.07 Å². The Kier molecular flexibility index (Phi) is 5.25. The van der Waals surface area contributed by atoms with Crippen molar-refractivity contribution in [2.24, 2.45) is 0 Å². The van der Waals surface area contributed by atoms with Crippen molar-refractivity contribution in [3.05, 3.63) is 33.9 Å². The van der Waals surface area contributed by atoms with Crippen LogP contribution in [0.5, 0.6) is 0 Å². The molecule has 1 rings (SSSR count). The molecule has 0 saturated carbocycles. The third-order valence-electron chi connectivity index (χ3n) is 2.69. The number of nitro benzene ring substituents is 1. The highest BCUT2D eigenvalue weighted by Gasteiger charge is 2.29. The number of aryl methyl sites for hydroxylation is 1. The first-order valence-corrected chi connectivity index (χ1v) is 10.7. The van der Waals surface area contributed by atoms with E-state index in [0.29, 0.717) is 5.88 Å². The van der Waals surface area contributed by atoms with Crippen LogP contribution in [0.4, 0.5) is 5.69 Å². The first-order valence-electron chi connectivity index (χ1n) is 5.73. The van der Waals surface area contributed by atoms with E-state index in [4.69, 9.17) is 11.6 Å². The minimum Gasteiger partial charge on any atom is -0.258 e. The summed E-state index contributed by atoms with van der Waals surface area (Å²) in [7, 11) is -1.43. The summed E-state index contributed by atoms with van der Waals surface area (Å²) in [4.78, 5) is 11.7. The molecule has 3 nitrogen and oxygen atoms in total. The highest BCUT2D eigenvalue weighted by molar-refractivity contribution is 8.01. The number of thioether (sulfide) groups is 1. The lowest BCUT2D eigenvalue weighted by molar-refractivity contribution is -0.387. The molecule has 18 heavy (non-hydrogen) atoms. The van der Waals surface area contributed by atoms with E-state index in [2.05, 4.69) is 19.6 Å². The van der Waals surface area contributed by atoms with Crippen LogP contribution >= 0.6 is 23.4 Å². The fourth-order valence-corrected chi connectivity index (χ4v) is 6.07. The van der Waals surface area contributed by atoms with Crippen LogP contribution in [0.1, 0.15) is 5.56 Å². The summed E-state index contributed by atoms with van der Waals surface area (Å²) >= 11 is 7.56. The van der Waals surface area contributed by atoms with Gasteiger partial charge < -0.3 is 0 Å². The molecule has 0 fully saturated rings. The molecule has 0 heterocycles. The number of nitro groups is 1. The molecule has 6 heteroatoms. The zero-order chi connectivity index (χ0) is 13.9. The monoisotopic (exact) mass is 303 g/mol. The Labute approximate surface area is 118 Å². The first-order chi connectivity index (χ1) is 8.25. The lowest BCUT2D eigenvalue weighted by atomic mass is 10.2. The molecule has 0 aliphatic rings. The van der Waals surface area contributed by atoms with Crippen molar-refractivity contribution in [2.45, 2.75) is 36.3 Å². The predicted molar refractivity (Wildman–Crippen MR) is 81.5 cm³/mol. The summed E-state index contributed by atoms with van der Waals surface area (Å²) in [6, 6.07) is 5.36. The van der Waals surface area contributed by atoms with E-state index in [9.17, 15) is 10.1 Å². The van der Waals surface area contributed by atoms with E-state index in [-0.39, 0.29) is 15.5 Å². The van der Waals surface area contributed by atoms with Gasteiger partial charge in [-0.3, -0.25) is 10.1 Å². The lowest BCUT2D eigenvalue weighted by Crippen LogP contribution is -2.37. The van der Waals surface area contributed by atoms with Gasteiger partial charge in [0.2, 0.25) is 0 Å². The zero-order valence-electron chi connectivity index (χ0n) is 11.1. The average molecular weight is 304 g/mol. The Bertz CT molecular complexity index is 448. The largest absolute Gasteiger partial charge is 0.283 e. The second-order valence-electron chi connectivity index (χ2n) is 5.36. The summed E-state index contributed by atoms with van der Waals surface area (Å²) in [6.07, 6.45) is 0. The van der Waals surface area contributed by atoms with Gasteiger partial charge in [-0.05, 0) is 18.6 Å². The second-order valence-corrected chi connectivity index (χ2v) is 12.8. The van der Waals surface area contributed by atoms with Gasteiger partial charge in [0.15, 0.2) is 0 Å². The molecule has 0 spiro atoms. The van der Waals surface area contributed by atoms with Crippen LogP contribution in [0.3, 0.4) is 0 Å². The number of hydrogen-bond acceptors (Lipinski definition) is 3. The van der Waals surface area contributed by atoms with Crippen LogP contribution in [0.15, 0.2) is 23.1 Å². The van der Waals surface area contributed by atoms with Gasteiger partial charge in [-0.15, -0.1) is 23.4 Å². The third kappa shape index (κ3) is 4.00. The van der Waals surface area contributed by atoms with E-state index in [1.54, 1.807) is 17.8 Å². The SMILES string of the molecule is Cc1ccc(SC(CCl)[Si](C)(C)C)c([N+](=O)[O-])c1. The van der Waals surface area contributed by atoms with E-state index in [0.717, 1.165) is 10.5 Å². The maximum atomic E-state index is 11.1. The normalized spacial score (nSPS) is 13.4. The summed E-state index contributed by atoms with van der Waals surface area (Å²) in [5, 5.41) is 11.1. The highest BCUT2D eigenvalue weighted by atomic mass is 35.5. The number of nitrogens with zero attached hydrogens (tertiary/aromatic N) is 1. The Morgan fingerprint density at radius 3 is 2.50 bits per heavy atom. The van der Waals surface area contributed by atoms with Crippen LogP contribution in [0.25, 0.3) is 0 Å².